The highest BCUT2D eigenvalue weighted by molar-refractivity contribution is 5.87. The van der Waals surface area contributed by atoms with Crippen LogP contribution in [0.25, 0.3) is 6.08 Å². The molecule has 0 saturated carbocycles. The molecule has 2 aliphatic heterocycles. The van der Waals surface area contributed by atoms with Crippen molar-refractivity contribution in [2.24, 2.45) is 0 Å². The Kier molecular flexibility index (Phi) is 6.93. The van der Waals surface area contributed by atoms with Gasteiger partial charge in [-0.2, -0.15) is 0 Å². The molecule has 0 bridgehead atoms. The number of aliphatic hydroxyl groups excluding tert-OH is 3. The van der Waals surface area contributed by atoms with Crippen LogP contribution in [-0.2, 0) is 28.5 Å². The fourth-order valence-electron chi connectivity index (χ4n) is 2.92. The number of ether oxygens (including phenoxy) is 4. The summed E-state index contributed by atoms with van der Waals surface area (Å²) >= 11 is 0. The lowest BCUT2D eigenvalue weighted by Crippen LogP contribution is -2.60. The summed E-state index contributed by atoms with van der Waals surface area (Å²) in [6, 6.07) is 5.58. The molecule has 0 unspecified atom stereocenters. The molecule has 0 radical (unpaired) electrons. The van der Waals surface area contributed by atoms with Gasteiger partial charge in [0.1, 0.15) is 49.6 Å². The van der Waals surface area contributed by atoms with Crippen molar-refractivity contribution in [2.45, 2.75) is 43.2 Å². The lowest BCUT2D eigenvalue weighted by atomic mass is 9.99. The van der Waals surface area contributed by atoms with Gasteiger partial charge in [-0.1, -0.05) is 12.1 Å². The second kappa shape index (κ2) is 9.42. The van der Waals surface area contributed by atoms with Crippen LogP contribution in [0.15, 0.2) is 30.3 Å². The summed E-state index contributed by atoms with van der Waals surface area (Å²) in [7, 11) is 0. The molecule has 158 valence electrons. The first-order chi connectivity index (χ1) is 13.8. The predicted molar refractivity (Wildman–Crippen MR) is 93.5 cm³/mol. The fourth-order valence-corrected chi connectivity index (χ4v) is 2.92. The summed E-state index contributed by atoms with van der Waals surface area (Å²) in [5.74, 6) is -1.69. The van der Waals surface area contributed by atoms with Gasteiger partial charge in [0, 0.05) is 6.08 Å². The molecular weight excluding hydrogens is 391 g/mol. The third-order valence-electron chi connectivity index (χ3n) is 4.47. The monoisotopic (exact) mass is 412 g/mol. The number of hydrogen-bond donors (Lipinski definition) is 3. The molecule has 0 aliphatic carbocycles. The van der Waals surface area contributed by atoms with E-state index in [9.17, 15) is 29.3 Å². The van der Waals surface area contributed by atoms with Crippen LogP contribution >= 0.6 is 0 Å². The van der Waals surface area contributed by atoms with Crippen LogP contribution in [0.1, 0.15) is 12.0 Å². The first-order valence-corrected chi connectivity index (χ1v) is 8.94. The molecule has 10 heteroatoms. The van der Waals surface area contributed by atoms with Gasteiger partial charge in [0.05, 0.1) is 6.42 Å². The van der Waals surface area contributed by atoms with E-state index in [2.05, 4.69) is 0 Å². The molecular formula is C19H21FO9. The molecule has 1 aromatic carbocycles. The van der Waals surface area contributed by atoms with Crippen LogP contribution in [0.3, 0.4) is 0 Å². The summed E-state index contributed by atoms with van der Waals surface area (Å²) in [5.41, 5.74) is 0.455. The number of carbonyl (C=O) groups is 2. The number of cyclic esters (lactones) is 1. The quantitative estimate of drug-likeness (QED) is 0.419. The Bertz CT molecular complexity index is 768. The minimum Gasteiger partial charge on any atom is -0.463 e. The Hall–Kier alpha value is -2.37. The van der Waals surface area contributed by atoms with Gasteiger partial charge < -0.3 is 34.3 Å². The molecule has 3 N–H and O–H groups in total. The first kappa shape index (κ1) is 21.3. The van der Waals surface area contributed by atoms with E-state index in [1.165, 1.54) is 24.3 Å². The molecule has 0 amide bonds. The van der Waals surface area contributed by atoms with Gasteiger partial charge in [-0.3, -0.25) is 4.79 Å². The van der Waals surface area contributed by atoms with Gasteiger partial charge in [0.15, 0.2) is 6.29 Å². The number of hydrogen-bond acceptors (Lipinski definition) is 9. The molecule has 2 heterocycles. The summed E-state index contributed by atoms with van der Waals surface area (Å²) in [6.45, 7) is -0.453. The Labute approximate surface area is 165 Å². The van der Waals surface area contributed by atoms with E-state index >= 15 is 0 Å². The molecule has 2 saturated heterocycles. The van der Waals surface area contributed by atoms with Crippen molar-refractivity contribution in [3.8, 4) is 0 Å². The largest absolute Gasteiger partial charge is 0.463 e. The van der Waals surface area contributed by atoms with Gasteiger partial charge in [0.25, 0.3) is 0 Å². The zero-order chi connectivity index (χ0) is 21.0. The molecule has 6 atom stereocenters. The number of carbonyl (C=O) groups excluding carboxylic acids is 2. The summed E-state index contributed by atoms with van der Waals surface area (Å²) in [5, 5.41) is 30.1. The van der Waals surface area contributed by atoms with E-state index in [4.69, 9.17) is 18.9 Å². The van der Waals surface area contributed by atoms with E-state index in [-0.39, 0.29) is 13.0 Å². The summed E-state index contributed by atoms with van der Waals surface area (Å²) in [4.78, 5) is 23.0. The molecule has 9 nitrogen and oxygen atoms in total. The number of aliphatic hydroxyl groups is 3. The Morgan fingerprint density at radius 2 is 2.03 bits per heavy atom. The summed E-state index contributed by atoms with van der Waals surface area (Å²) < 4.78 is 33.7. The van der Waals surface area contributed by atoms with Crippen molar-refractivity contribution in [3.63, 3.8) is 0 Å². The third kappa shape index (κ3) is 5.58. The number of esters is 2. The van der Waals surface area contributed by atoms with Gasteiger partial charge >= 0.3 is 11.9 Å². The standard InChI is InChI=1S/C19H21FO9/c20-11-3-1-2-10(6-11)4-5-14(21)27-9-13-16(23)17(24)18(25)19(29-13)28-12-7-15(22)26-8-12/h1-6,12-13,16-19,23-25H,7-9H2/b5-4+/t12-,13-,16-,17+,18-,19-/m1/s1. The van der Waals surface area contributed by atoms with E-state index < -0.39 is 61.2 Å². The average molecular weight is 412 g/mol. The molecule has 29 heavy (non-hydrogen) atoms. The van der Waals surface area contributed by atoms with E-state index in [0.717, 1.165) is 6.08 Å². The van der Waals surface area contributed by atoms with Gasteiger partial charge in [-0.05, 0) is 23.8 Å². The topological polar surface area (TPSA) is 132 Å². The van der Waals surface area contributed by atoms with Crippen LogP contribution in [0, 0.1) is 5.82 Å². The van der Waals surface area contributed by atoms with Crippen molar-refractivity contribution >= 4 is 18.0 Å². The van der Waals surface area contributed by atoms with E-state index in [1.807, 2.05) is 0 Å². The maximum absolute atomic E-state index is 13.1. The number of halogens is 1. The Morgan fingerprint density at radius 3 is 2.72 bits per heavy atom. The lowest BCUT2D eigenvalue weighted by molar-refractivity contribution is -0.311. The van der Waals surface area contributed by atoms with Crippen LogP contribution in [-0.4, -0.2) is 77.3 Å². The van der Waals surface area contributed by atoms with Crippen molar-refractivity contribution in [2.75, 3.05) is 13.2 Å². The predicted octanol–water partition coefficient (Wildman–Crippen LogP) is -0.478. The summed E-state index contributed by atoms with van der Waals surface area (Å²) in [6.07, 6.45) is -5.51. The van der Waals surface area contributed by atoms with Crippen molar-refractivity contribution < 1.29 is 48.2 Å². The zero-order valence-electron chi connectivity index (χ0n) is 15.2. The smallest absolute Gasteiger partial charge is 0.330 e. The SMILES string of the molecule is O=C(/C=C/c1cccc(F)c1)OC[C@H]1O[C@@H](O[C@H]2COC(=O)C2)[C@H](O)[C@@H](O)[C@@H]1O. The number of benzene rings is 1. The van der Waals surface area contributed by atoms with Crippen molar-refractivity contribution in [3.05, 3.63) is 41.7 Å². The Balaban J connectivity index is 1.54. The molecule has 2 aliphatic rings. The minimum atomic E-state index is -1.61. The van der Waals surface area contributed by atoms with Crippen LogP contribution in [0.5, 0.6) is 0 Å². The van der Waals surface area contributed by atoms with E-state index in [1.54, 1.807) is 6.07 Å². The van der Waals surface area contributed by atoms with Crippen LogP contribution in [0.2, 0.25) is 0 Å². The average Bonchev–Trinajstić information content (AvgIpc) is 3.10. The lowest BCUT2D eigenvalue weighted by Gasteiger charge is -2.40. The van der Waals surface area contributed by atoms with Crippen molar-refractivity contribution in [1.29, 1.82) is 0 Å². The molecule has 0 spiro atoms. The molecule has 3 rings (SSSR count). The zero-order valence-corrected chi connectivity index (χ0v) is 15.2. The highest BCUT2D eigenvalue weighted by Crippen LogP contribution is 2.25. The fraction of sp³-hybridized carbons (Fsp3) is 0.474. The van der Waals surface area contributed by atoms with Crippen LogP contribution < -0.4 is 0 Å². The second-order valence-corrected chi connectivity index (χ2v) is 6.68. The maximum atomic E-state index is 13.1. The Morgan fingerprint density at radius 1 is 1.24 bits per heavy atom. The maximum Gasteiger partial charge on any atom is 0.330 e. The molecule has 1 aromatic rings. The van der Waals surface area contributed by atoms with Crippen LogP contribution in [0.4, 0.5) is 4.39 Å². The third-order valence-corrected chi connectivity index (χ3v) is 4.47. The highest BCUT2D eigenvalue weighted by Gasteiger charge is 2.46. The van der Waals surface area contributed by atoms with E-state index in [0.29, 0.717) is 5.56 Å². The normalized spacial score (nSPS) is 32.3. The first-order valence-electron chi connectivity index (χ1n) is 8.94. The minimum absolute atomic E-state index is 0.0193. The molecule has 2 fully saturated rings. The number of rotatable bonds is 6. The second-order valence-electron chi connectivity index (χ2n) is 6.68. The van der Waals surface area contributed by atoms with Gasteiger partial charge in [-0.25, -0.2) is 9.18 Å². The van der Waals surface area contributed by atoms with Gasteiger partial charge in [-0.15, -0.1) is 0 Å². The highest BCUT2D eigenvalue weighted by atomic mass is 19.1. The van der Waals surface area contributed by atoms with Crippen molar-refractivity contribution in [1.82, 2.24) is 0 Å². The van der Waals surface area contributed by atoms with Gasteiger partial charge in [0.2, 0.25) is 0 Å². The molecule has 0 aromatic heterocycles.